The quantitative estimate of drug-likeness (QED) is 0.312. The number of carbonyl (C=O) groups excluding carboxylic acids is 1. The Labute approximate surface area is 262 Å². The number of nitrogens with one attached hydrogen (secondary N) is 1. The molecule has 0 unspecified atom stereocenters. The van der Waals surface area contributed by atoms with Crippen LogP contribution in [0.15, 0.2) is 75.6 Å². The van der Waals surface area contributed by atoms with Crippen molar-refractivity contribution < 1.29 is 4.79 Å². The van der Waals surface area contributed by atoms with Crippen LogP contribution in [-0.2, 0) is 14.1 Å². The van der Waals surface area contributed by atoms with Crippen molar-refractivity contribution in [3.05, 3.63) is 103 Å². The molecule has 0 spiro atoms. The van der Waals surface area contributed by atoms with Crippen LogP contribution in [0, 0.1) is 22.7 Å². The van der Waals surface area contributed by atoms with E-state index in [-0.39, 0.29) is 40.2 Å². The fourth-order valence-electron chi connectivity index (χ4n) is 5.93. The average molecular weight is 619 g/mol. The van der Waals surface area contributed by atoms with Gasteiger partial charge in [0.2, 0.25) is 0 Å². The van der Waals surface area contributed by atoms with Gasteiger partial charge in [-0.2, -0.15) is 10.5 Å². The fraction of sp³-hybridized carbons (Fsp3) is 0.242. The summed E-state index contributed by atoms with van der Waals surface area (Å²) in [4.78, 5) is 41.6. The molecule has 2 saturated heterocycles. The summed E-state index contributed by atoms with van der Waals surface area (Å²) in [5.41, 5.74) is 8.61. The van der Waals surface area contributed by atoms with Gasteiger partial charge in [0.25, 0.3) is 17.0 Å². The second-order valence-corrected chi connectivity index (χ2v) is 12.1. The van der Waals surface area contributed by atoms with Crippen molar-refractivity contribution in [2.45, 2.75) is 12.1 Å². The number of thiophene rings is 1. The Morgan fingerprint density at radius 2 is 1.29 bits per heavy atom. The number of hydrogen-bond donors (Lipinski definition) is 2. The normalized spacial score (nSPS) is 14.6. The minimum Gasteiger partial charge on any atom is -0.367 e. The number of nitriles is 2. The molecular formula is C33H30N8O3S. The molecule has 7 rings (SSSR count). The third kappa shape index (κ3) is 5.20. The number of benzene rings is 2. The molecule has 0 radical (unpaired) electrons. The highest BCUT2D eigenvalue weighted by Crippen LogP contribution is 2.32. The molecule has 0 bridgehead atoms. The summed E-state index contributed by atoms with van der Waals surface area (Å²) in [6.07, 6.45) is 0. The first kappa shape index (κ1) is 29.6. The highest BCUT2D eigenvalue weighted by molar-refractivity contribution is 7.12. The summed E-state index contributed by atoms with van der Waals surface area (Å²) >= 11 is 1.40. The zero-order valence-electron chi connectivity index (χ0n) is 24.7. The van der Waals surface area contributed by atoms with Gasteiger partial charge in [0, 0.05) is 57.1 Å². The Bertz CT molecular complexity index is 2140. The molecule has 0 atom stereocenters. The molecule has 11 nitrogen and oxygen atoms in total. The summed E-state index contributed by atoms with van der Waals surface area (Å²) in [5, 5.41) is 25.5. The molecule has 2 aliphatic heterocycles. The number of para-hydroxylation sites is 2. The lowest BCUT2D eigenvalue weighted by molar-refractivity contribution is 0.0934. The van der Waals surface area contributed by atoms with Gasteiger partial charge in [0.15, 0.2) is 0 Å². The Kier molecular flexibility index (Phi) is 7.85. The average Bonchev–Trinajstić information content (AvgIpc) is 3.57. The zero-order chi connectivity index (χ0) is 31.8. The van der Waals surface area contributed by atoms with Crippen molar-refractivity contribution in [2.24, 2.45) is 19.8 Å². The summed E-state index contributed by atoms with van der Waals surface area (Å²) in [6.45, 7) is 2.52. The highest BCUT2D eigenvalue weighted by Gasteiger charge is 2.33. The van der Waals surface area contributed by atoms with Crippen molar-refractivity contribution in [1.29, 1.82) is 10.5 Å². The molecule has 0 aliphatic carbocycles. The largest absolute Gasteiger partial charge is 0.367 e. The molecule has 2 aromatic carbocycles. The molecule has 0 saturated carbocycles. The number of hydrogen-bond acceptors (Lipinski definition) is 9. The lowest BCUT2D eigenvalue weighted by Gasteiger charge is -2.42. The van der Waals surface area contributed by atoms with Gasteiger partial charge in [0.1, 0.15) is 23.3 Å². The highest BCUT2D eigenvalue weighted by atomic mass is 32.1. The number of nitrogens with two attached hydrogens (primary N) is 1. The van der Waals surface area contributed by atoms with Crippen molar-refractivity contribution in [3.63, 3.8) is 0 Å². The van der Waals surface area contributed by atoms with Crippen LogP contribution in [0.5, 0.6) is 0 Å². The molecule has 45 heavy (non-hydrogen) atoms. The predicted octanol–water partition coefficient (Wildman–Crippen LogP) is 2.65. The third-order valence-corrected chi connectivity index (χ3v) is 9.15. The predicted molar refractivity (Wildman–Crippen MR) is 176 cm³/mol. The van der Waals surface area contributed by atoms with Gasteiger partial charge in [-0.15, -0.1) is 11.3 Å². The van der Waals surface area contributed by atoms with E-state index in [2.05, 4.69) is 11.4 Å². The van der Waals surface area contributed by atoms with Crippen molar-refractivity contribution in [1.82, 2.24) is 14.5 Å². The standard InChI is InChI=1S/C19H16N4O2S.C14H14N4O/c1-22-15-6-3-2-5-13(15)17(14(9-20)19(22)25)23-10-12(11-23)21-18(24)16-7-4-8-26-16;1-17-12-5-3-2-4-10(12)13(11(6-15)14(17)19)18-7-9(16)8-18/h2-8,12H,10-11H2,1H3,(H,21,24);2-5,9H,7-8,16H2,1H3. The molecule has 226 valence electrons. The first-order valence-electron chi connectivity index (χ1n) is 14.4. The van der Waals surface area contributed by atoms with E-state index < -0.39 is 0 Å². The number of amides is 1. The van der Waals surface area contributed by atoms with Crippen LogP contribution in [0.4, 0.5) is 11.4 Å². The number of rotatable bonds is 4. The summed E-state index contributed by atoms with van der Waals surface area (Å²) in [6, 6.07) is 23.1. The second kappa shape index (κ2) is 11.9. The van der Waals surface area contributed by atoms with E-state index in [0.717, 1.165) is 27.5 Å². The number of carbonyl (C=O) groups is 1. The van der Waals surface area contributed by atoms with E-state index in [9.17, 15) is 24.9 Å². The minimum atomic E-state index is -0.299. The number of pyridine rings is 2. The van der Waals surface area contributed by atoms with E-state index in [1.165, 1.54) is 20.5 Å². The first-order chi connectivity index (χ1) is 21.7. The van der Waals surface area contributed by atoms with Crippen molar-refractivity contribution in [3.8, 4) is 12.1 Å². The van der Waals surface area contributed by atoms with Gasteiger partial charge in [0.05, 0.1) is 33.3 Å². The molecule has 3 N–H and O–H groups in total. The van der Waals surface area contributed by atoms with Gasteiger partial charge >= 0.3 is 0 Å². The zero-order valence-corrected chi connectivity index (χ0v) is 25.5. The van der Waals surface area contributed by atoms with E-state index in [1.807, 2.05) is 75.8 Å². The monoisotopic (exact) mass is 618 g/mol. The molecule has 5 aromatic rings. The lowest BCUT2D eigenvalue weighted by Crippen LogP contribution is -2.60. The van der Waals surface area contributed by atoms with E-state index >= 15 is 0 Å². The van der Waals surface area contributed by atoms with Crippen LogP contribution in [0.2, 0.25) is 0 Å². The third-order valence-electron chi connectivity index (χ3n) is 8.28. The van der Waals surface area contributed by atoms with Gasteiger partial charge in [-0.1, -0.05) is 42.5 Å². The molecule has 3 aromatic heterocycles. The van der Waals surface area contributed by atoms with Gasteiger partial charge < -0.3 is 30.0 Å². The minimum absolute atomic E-state index is 0.000960. The Hall–Kier alpha value is -5.43. The maximum absolute atomic E-state index is 12.5. The van der Waals surface area contributed by atoms with Crippen LogP contribution in [-0.4, -0.2) is 53.3 Å². The van der Waals surface area contributed by atoms with E-state index in [1.54, 1.807) is 20.2 Å². The first-order valence-corrected chi connectivity index (χ1v) is 15.2. The van der Waals surface area contributed by atoms with Crippen LogP contribution >= 0.6 is 11.3 Å². The summed E-state index contributed by atoms with van der Waals surface area (Å²) in [5.74, 6) is -0.0843. The number of nitrogens with zero attached hydrogens (tertiary/aromatic N) is 6. The van der Waals surface area contributed by atoms with E-state index in [4.69, 9.17) is 5.73 Å². The van der Waals surface area contributed by atoms with Crippen LogP contribution in [0.1, 0.15) is 20.8 Å². The lowest BCUT2D eigenvalue weighted by atomic mass is 10.0. The van der Waals surface area contributed by atoms with Gasteiger partial charge in [-0.3, -0.25) is 14.4 Å². The molecule has 2 fully saturated rings. The maximum Gasteiger partial charge on any atom is 0.270 e. The maximum atomic E-state index is 12.5. The van der Waals surface area contributed by atoms with Gasteiger partial charge in [-0.05, 0) is 23.6 Å². The summed E-state index contributed by atoms with van der Waals surface area (Å²) in [7, 11) is 3.37. The van der Waals surface area contributed by atoms with Gasteiger partial charge in [-0.25, -0.2) is 0 Å². The van der Waals surface area contributed by atoms with Crippen molar-refractivity contribution >= 4 is 50.4 Å². The SMILES string of the molecule is Cn1c(=O)c(C#N)c(N2CC(N)C2)c2ccccc21.Cn1c(=O)c(C#N)c(N2CC(NC(=O)c3cccs3)C2)c2ccccc21. The molecule has 5 heterocycles. The Balaban J connectivity index is 0.000000167. The smallest absolute Gasteiger partial charge is 0.270 e. The van der Waals surface area contributed by atoms with Crippen molar-refractivity contribution in [2.75, 3.05) is 36.0 Å². The molecular weight excluding hydrogens is 588 g/mol. The topological polar surface area (TPSA) is 153 Å². The second-order valence-electron chi connectivity index (χ2n) is 11.2. The number of fused-ring (bicyclic) bond motifs is 2. The van der Waals surface area contributed by atoms with Crippen LogP contribution < -0.4 is 32.0 Å². The fourth-order valence-corrected chi connectivity index (χ4v) is 6.56. The number of aromatic nitrogens is 2. The molecule has 2 aliphatic rings. The Morgan fingerprint density at radius 3 is 1.73 bits per heavy atom. The number of aryl methyl sites for hydroxylation is 2. The van der Waals surface area contributed by atoms with Crippen LogP contribution in [0.3, 0.4) is 0 Å². The Morgan fingerprint density at radius 1 is 0.800 bits per heavy atom. The van der Waals surface area contributed by atoms with Crippen LogP contribution in [0.25, 0.3) is 21.8 Å². The summed E-state index contributed by atoms with van der Waals surface area (Å²) < 4.78 is 3.03. The molecule has 12 heteroatoms. The molecule has 1 amide bonds. The van der Waals surface area contributed by atoms with E-state index in [0.29, 0.717) is 36.7 Å². The number of anilines is 2.